The van der Waals surface area contributed by atoms with Gasteiger partial charge in [-0.3, -0.25) is 4.79 Å². The molecule has 0 aromatic carbocycles. The summed E-state index contributed by atoms with van der Waals surface area (Å²) in [5.74, 6) is 0.0663. The van der Waals surface area contributed by atoms with Crippen LogP contribution in [0.3, 0.4) is 0 Å². The number of nitrogens with zero attached hydrogens (tertiary/aromatic N) is 1. The van der Waals surface area contributed by atoms with Crippen LogP contribution in [-0.2, 0) is 4.79 Å². The minimum Gasteiger partial charge on any atom is -0.294 e. The van der Waals surface area contributed by atoms with Gasteiger partial charge in [-0.15, -0.1) is 0 Å². The Hall–Kier alpha value is -1.10. The first-order valence-electron chi connectivity index (χ1n) is 1.96. The van der Waals surface area contributed by atoms with Crippen LogP contribution in [0, 0.1) is 11.3 Å². The highest BCUT2D eigenvalue weighted by Gasteiger charge is 2.12. The van der Waals surface area contributed by atoms with E-state index in [1.807, 2.05) is 6.07 Å². The van der Waals surface area contributed by atoms with Crippen LogP contribution in [0.4, 0.5) is 0 Å². The van der Waals surface area contributed by atoms with Gasteiger partial charge in [-0.05, 0) is 6.08 Å². The largest absolute Gasteiger partial charge is 0.294 e. The van der Waals surface area contributed by atoms with E-state index in [0.717, 1.165) is 0 Å². The summed E-state index contributed by atoms with van der Waals surface area (Å²) in [6.07, 6.45) is 1.72. The van der Waals surface area contributed by atoms with Crippen LogP contribution in [0.2, 0.25) is 0 Å². The Balaban J connectivity index is 2.72. The van der Waals surface area contributed by atoms with E-state index in [0.29, 0.717) is 12.0 Å². The van der Waals surface area contributed by atoms with Crippen LogP contribution in [0.15, 0.2) is 11.6 Å². The van der Waals surface area contributed by atoms with Crippen molar-refractivity contribution in [2.75, 3.05) is 0 Å². The van der Waals surface area contributed by atoms with Crippen molar-refractivity contribution in [3.8, 4) is 6.07 Å². The van der Waals surface area contributed by atoms with E-state index < -0.39 is 0 Å². The topological polar surface area (TPSA) is 40.9 Å². The second-order valence-corrected chi connectivity index (χ2v) is 1.42. The molecule has 34 valence electrons. The first-order valence-corrected chi connectivity index (χ1v) is 1.96. The smallest absolute Gasteiger partial charge is 0.161 e. The number of nitriles is 1. The van der Waals surface area contributed by atoms with E-state index in [9.17, 15) is 4.79 Å². The minimum absolute atomic E-state index is 0.0663. The van der Waals surface area contributed by atoms with Crippen LogP contribution >= 0.6 is 0 Å². The number of rotatable bonds is 0. The number of hydrogen-bond acceptors (Lipinski definition) is 2. The summed E-state index contributed by atoms with van der Waals surface area (Å²) >= 11 is 0. The van der Waals surface area contributed by atoms with Crippen molar-refractivity contribution in [1.29, 1.82) is 5.26 Å². The van der Waals surface area contributed by atoms with Crippen molar-refractivity contribution < 1.29 is 4.79 Å². The third kappa shape index (κ3) is 0.520. The molecule has 0 saturated carbocycles. The van der Waals surface area contributed by atoms with Gasteiger partial charge in [-0.2, -0.15) is 5.26 Å². The van der Waals surface area contributed by atoms with Crippen molar-refractivity contribution in [2.45, 2.75) is 6.42 Å². The lowest BCUT2D eigenvalue weighted by Gasteiger charge is -2.01. The molecule has 0 radical (unpaired) electrons. The Labute approximate surface area is 41.1 Å². The maximum Gasteiger partial charge on any atom is 0.161 e. The molecular weight excluding hydrogens is 90.1 g/mol. The molecule has 0 heterocycles. The first-order chi connectivity index (χ1) is 3.33. The van der Waals surface area contributed by atoms with E-state index in [1.54, 1.807) is 0 Å². The standard InChI is InChI=1S/C5H3NO/c6-3-4-1-5(7)2-4/h1H,2H2. The lowest BCUT2D eigenvalue weighted by molar-refractivity contribution is -0.115. The van der Waals surface area contributed by atoms with Gasteiger partial charge in [0.25, 0.3) is 0 Å². The van der Waals surface area contributed by atoms with Gasteiger partial charge in [-0.1, -0.05) is 0 Å². The zero-order valence-corrected chi connectivity index (χ0v) is 3.64. The molecule has 0 bridgehead atoms. The maximum absolute atomic E-state index is 10.0. The fourth-order valence-corrected chi connectivity index (χ4v) is 0.425. The van der Waals surface area contributed by atoms with Crippen molar-refractivity contribution >= 4 is 5.78 Å². The van der Waals surface area contributed by atoms with Gasteiger partial charge >= 0.3 is 0 Å². The minimum atomic E-state index is 0.0663. The SMILES string of the molecule is N#CC1=CC(=O)C1. The molecule has 1 aliphatic carbocycles. The highest BCUT2D eigenvalue weighted by Crippen LogP contribution is 2.11. The lowest BCUT2D eigenvalue weighted by Crippen LogP contribution is -2.05. The van der Waals surface area contributed by atoms with Gasteiger partial charge in [0.2, 0.25) is 0 Å². The third-order valence-corrected chi connectivity index (χ3v) is 0.844. The molecule has 2 heteroatoms. The fraction of sp³-hybridized carbons (Fsp3) is 0.200. The van der Waals surface area contributed by atoms with Crippen LogP contribution in [-0.4, -0.2) is 5.78 Å². The number of carbonyl (C=O) groups excluding carboxylic acids is 1. The molecule has 0 aromatic rings. The zero-order valence-electron chi connectivity index (χ0n) is 3.64. The van der Waals surface area contributed by atoms with Crippen LogP contribution in [0.25, 0.3) is 0 Å². The summed E-state index contributed by atoms with van der Waals surface area (Å²) in [4.78, 5) is 10.0. The number of hydrogen-bond donors (Lipinski definition) is 0. The van der Waals surface area contributed by atoms with Gasteiger partial charge in [-0.25, -0.2) is 0 Å². The number of ketones is 1. The molecule has 0 spiro atoms. The normalized spacial score (nSPS) is 17.0. The second kappa shape index (κ2) is 1.19. The van der Waals surface area contributed by atoms with E-state index in [-0.39, 0.29) is 5.78 Å². The highest BCUT2D eigenvalue weighted by molar-refractivity contribution is 6.00. The average Bonchev–Trinajstić information content (AvgIpc) is 1.58. The van der Waals surface area contributed by atoms with E-state index in [2.05, 4.69) is 0 Å². The van der Waals surface area contributed by atoms with Gasteiger partial charge < -0.3 is 0 Å². The van der Waals surface area contributed by atoms with Gasteiger partial charge in [0, 0.05) is 12.0 Å². The van der Waals surface area contributed by atoms with Gasteiger partial charge in [0.05, 0.1) is 6.07 Å². The maximum atomic E-state index is 10.0. The predicted octanol–water partition coefficient (Wildman–Crippen LogP) is 0.409. The quantitative estimate of drug-likeness (QED) is 0.435. The molecule has 0 N–H and O–H groups in total. The molecule has 0 amide bonds. The summed E-state index contributed by atoms with van der Waals surface area (Å²) in [5.41, 5.74) is 0.602. The molecule has 0 unspecified atom stereocenters. The van der Waals surface area contributed by atoms with Gasteiger partial charge in [0.15, 0.2) is 5.78 Å². The van der Waals surface area contributed by atoms with Gasteiger partial charge in [0.1, 0.15) is 0 Å². The number of carbonyl (C=O) groups is 1. The highest BCUT2D eigenvalue weighted by atomic mass is 16.1. The fourth-order valence-electron chi connectivity index (χ4n) is 0.425. The summed E-state index contributed by atoms with van der Waals surface area (Å²) in [5, 5.41) is 8.03. The molecule has 1 aliphatic rings. The summed E-state index contributed by atoms with van der Waals surface area (Å²) in [6, 6.07) is 1.87. The molecule has 0 fully saturated rings. The van der Waals surface area contributed by atoms with Crippen LogP contribution in [0.1, 0.15) is 6.42 Å². The molecule has 2 nitrogen and oxygen atoms in total. The van der Waals surface area contributed by atoms with Crippen molar-refractivity contribution in [3.05, 3.63) is 11.6 Å². The molecule has 0 atom stereocenters. The first kappa shape index (κ1) is 4.07. The van der Waals surface area contributed by atoms with E-state index in [4.69, 9.17) is 5.26 Å². The van der Waals surface area contributed by atoms with Crippen molar-refractivity contribution in [3.63, 3.8) is 0 Å². The Morgan fingerprint density at radius 3 is 2.57 bits per heavy atom. The molecule has 0 saturated heterocycles. The molecule has 0 aliphatic heterocycles. The Morgan fingerprint density at radius 1 is 1.86 bits per heavy atom. The monoisotopic (exact) mass is 93.0 g/mol. The summed E-state index contributed by atoms with van der Waals surface area (Å²) in [6.45, 7) is 0. The van der Waals surface area contributed by atoms with E-state index >= 15 is 0 Å². The zero-order chi connectivity index (χ0) is 5.28. The summed E-state index contributed by atoms with van der Waals surface area (Å²) < 4.78 is 0. The van der Waals surface area contributed by atoms with E-state index in [1.165, 1.54) is 6.08 Å². The average molecular weight is 93.1 g/mol. The molecule has 1 rings (SSSR count). The third-order valence-electron chi connectivity index (χ3n) is 0.844. The molecular formula is C5H3NO. The Morgan fingerprint density at radius 2 is 2.43 bits per heavy atom. The van der Waals surface area contributed by atoms with Crippen LogP contribution in [0.5, 0.6) is 0 Å². The summed E-state index contributed by atoms with van der Waals surface area (Å²) in [7, 11) is 0. The van der Waals surface area contributed by atoms with Crippen molar-refractivity contribution in [2.24, 2.45) is 0 Å². The molecule has 0 aromatic heterocycles. The lowest BCUT2D eigenvalue weighted by atomic mass is 9.99. The Kier molecular flexibility index (Phi) is 0.694. The molecule has 7 heavy (non-hydrogen) atoms. The predicted molar refractivity (Wildman–Crippen MR) is 23.3 cm³/mol. The number of allylic oxidation sites excluding steroid dienone is 2. The van der Waals surface area contributed by atoms with Crippen molar-refractivity contribution in [1.82, 2.24) is 0 Å². The Bertz CT molecular complexity index is 173. The second-order valence-electron chi connectivity index (χ2n) is 1.42. The van der Waals surface area contributed by atoms with Crippen LogP contribution < -0.4 is 0 Å².